The number of amides is 2. The van der Waals surface area contributed by atoms with Crippen LogP contribution in [0.1, 0.15) is 58.6 Å². The van der Waals surface area contributed by atoms with Gasteiger partial charge in [-0.05, 0) is 80.5 Å². The molecule has 4 rings (SSSR count). The minimum Gasteiger partial charge on any atom is -0.308 e. The van der Waals surface area contributed by atoms with Crippen molar-refractivity contribution < 1.29 is 22.8 Å². The maximum Gasteiger partial charge on any atom is 0.261 e. The average molecular weight is 632 g/mol. The van der Waals surface area contributed by atoms with E-state index in [1.54, 1.807) is 24.3 Å². The van der Waals surface area contributed by atoms with Crippen molar-refractivity contribution in [2.45, 2.75) is 59.9 Å². The van der Waals surface area contributed by atoms with Crippen molar-refractivity contribution in [3.8, 4) is 0 Å². The van der Waals surface area contributed by atoms with Crippen molar-refractivity contribution in [1.82, 2.24) is 10.2 Å². The van der Waals surface area contributed by atoms with Gasteiger partial charge in [0, 0.05) is 12.1 Å². The lowest BCUT2D eigenvalue weighted by Crippen LogP contribution is -2.43. The first-order valence-electron chi connectivity index (χ1n) is 15.5. The second kappa shape index (κ2) is 16.9. The Kier molecular flexibility index (Phi) is 13.2. The number of imide groups is 1. The van der Waals surface area contributed by atoms with Crippen LogP contribution >= 0.6 is 0 Å². The van der Waals surface area contributed by atoms with E-state index in [-0.39, 0.29) is 35.4 Å². The van der Waals surface area contributed by atoms with Gasteiger partial charge in [-0.1, -0.05) is 81.5 Å². The quantitative estimate of drug-likeness (QED) is 0.155. The Labute approximate surface area is 271 Å². The molecule has 8 heteroatoms. The Hall–Kier alpha value is -4.30. The standard InChI is InChI=1S/C37H41F2N3O2.CH3F/c1-6-14-32(30-24-27(38)19-20-31(30)39)41-33(25(2)23-26-15-9-7-10-16-26)34(37(3,4)5)40-21-13-22-42-35(43)28-17-11-8-12-18-29(28)36(42)44;1-2/h6-7,9-12,14-20,24,34,40H,8,13,21-23H2,1-5H3;1H3/b14-6+,33-25+,41-32-;. The molecule has 1 aliphatic heterocycles. The Balaban J connectivity index is 0.00000282. The molecule has 1 N–H and O–H groups in total. The zero-order chi connectivity index (χ0) is 33.9. The van der Waals surface area contributed by atoms with Crippen molar-refractivity contribution in [3.05, 3.63) is 130 Å². The van der Waals surface area contributed by atoms with E-state index in [4.69, 9.17) is 4.99 Å². The summed E-state index contributed by atoms with van der Waals surface area (Å²) in [6.45, 7) is 10.9. The lowest BCUT2D eigenvalue weighted by Gasteiger charge is -2.34. The van der Waals surface area contributed by atoms with Crippen LogP contribution in [0.5, 0.6) is 0 Å². The molecule has 1 atom stereocenters. The van der Waals surface area contributed by atoms with Crippen molar-refractivity contribution in [1.29, 1.82) is 0 Å². The lowest BCUT2D eigenvalue weighted by atomic mass is 9.82. The summed E-state index contributed by atoms with van der Waals surface area (Å²) in [5, 5.41) is 3.63. The third-order valence-electron chi connectivity index (χ3n) is 7.65. The van der Waals surface area contributed by atoms with Crippen LogP contribution in [0.2, 0.25) is 0 Å². The summed E-state index contributed by atoms with van der Waals surface area (Å²) < 4.78 is 38.7. The highest BCUT2D eigenvalue weighted by molar-refractivity contribution is 6.22. The van der Waals surface area contributed by atoms with E-state index < -0.39 is 11.6 Å². The second-order valence-electron chi connectivity index (χ2n) is 12.2. The first-order valence-corrected chi connectivity index (χ1v) is 15.5. The topological polar surface area (TPSA) is 61.8 Å². The van der Waals surface area contributed by atoms with Crippen LogP contribution in [-0.2, 0) is 16.0 Å². The van der Waals surface area contributed by atoms with Crippen LogP contribution in [0.15, 0.2) is 112 Å². The number of alkyl halides is 1. The Morgan fingerprint density at radius 2 is 1.63 bits per heavy atom. The largest absolute Gasteiger partial charge is 0.308 e. The van der Waals surface area contributed by atoms with Gasteiger partial charge in [-0.2, -0.15) is 0 Å². The number of halogens is 3. The molecule has 2 amide bonds. The normalized spacial score (nSPS) is 16.4. The van der Waals surface area contributed by atoms with Gasteiger partial charge in [0.15, 0.2) is 0 Å². The highest BCUT2D eigenvalue weighted by atomic mass is 19.1. The summed E-state index contributed by atoms with van der Waals surface area (Å²) in [4.78, 5) is 32.3. The van der Waals surface area contributed by atoms with Gasteiger partial charge >= 0.3 is 0 Å². The predicted molar refractivity (Wildman–Crippen MR) is 180 cm³/mol. The van der Waals surface area contributed by atoms with E-state index in [9.17, 15) is 22.8 Å². The summed E-state index contributed by atoms with van der Waals surface area (Å²) >= 11 is 0. The molecule has 2 aromatic carbocycles. The van der Waals surface area contributed by atoms with Crippen LogP contribution in [0.4, 0.5) is 13.2 Å². The molecule has 0 radical (unpaired) electrons. The number of carbonyl (C=O) groups excluding carboxylic acids is 2. The highest BCUT2D eigenvalue weighted by Gasteiger charge is 2.36. The fraction of sp³-hybridized carbons (Fsp3) is 0.342. The molecule has 2 aromatic rings. The number of rotatable bonds is 11. The summed E-state index contributed by atoms with van der Waals surface area (Å²) in [7, 11) is 0.500. The van der Waals surface area contributed by atoms with E-state index in [0.29, 0.717) is 49.8 Å². The first-order chi connectivity index (χ1) is 22.0. The van der Waals surface area contributed by atoms with Crippen LogP contribution < -0.4 is 5.32 Å². The molecule has 0 aromatic heterocycles. The molecule has 5 nitrogen and oxygen atoms in total. The molecule has 0 spiro atoms. The molecule has 2 aliphatic rings. The van der Waals surface area contributed by atoms with E-state index in [0.717, 1.165) is 29.0 Å². The molecular formula is C38H44F3N3O2. The minimum atomic E-state index is -0.555. The number of nitrogens with one attached hydrogen (secondary N) is 1. The SMILES string of the molecule is C/C=C/C(=N/C(=C(\C)Cc1ccccc1)C(NCCCN1C(=O)C2=C(C=CCC=C2)C1=O)C(C)(C)C)c1cc(F)ccc1F.CF. The van der Waals surface area contributed by atoms with Gasteiger partial charge in [0.2, 0.25) is 0 Å². The first kappa shape index (κ1) is 36.2. The van der Waals surface area contributed by atoms with Gasteiger partial charge in [0.1, 0.15) is 11.6 Å². The summed E-state index contributed by atoms with van der Waals surface area (Å²) in [6, 6.07) is 13.1. The van der Waals surface area contributed by atoms with Crippen LogP contribution in [0.25, 0.3) is 0 Å². The third-order valence-corrected chi connectivity index (χ3v) is 7.65. The number of benzene rings is 2. The molecule has 0 saturated carbocycles. The van der Waals surface area contributed by atoms with Crippen LogP contribution in [0, 0.1) is 17.0 Å². The molecule has 1 aliphatic carbocycles. The summed E-state index contributed by atoms with van der Waals surface area (Å²) in [5.74, 6) is -1.63. The number of hydrogen-bond acceptors (Lipinski definition) is 4. The molecule has 1 heterocycles. The predicted octanol–water partition coefficient (Wildman–Crippen LogP) is 8.01. The second-order valence-corrected chi connectivity index (χ2v) is 12.2. The number of allylic oxidation sites excluding steroid dienone is 5. The maximum absolute atomic E-state index is 15.0. The van der Waals surface area contributed by atoms with Gasteiger partial charge in [0.05, 0.1) is 35.8 Å². The van der Waals surface area contributed by atoms with E-state index in [1.807, 2.05) is 56.3 Å². The molecule has 1 unspecified atom stereocenters. The summed E-state index contributed by atoms with van der Waals surface area (Å²) in [5.41, 5.74) is 3.80. The van der Waals surface area contributed by atoms with Gasteiger partial charge in [-0.15, -0.1) is 0 Å². The van der Waals surface area contributed by atoms with Crippen molar-refractivity contribution >= 4 is 17.5 Å². The van der Waals surface area contributed by atoms with Crippen LogP contribution in [-0.4, -0.2) is 48.7 Å². The average Bonchev–Trinajstić information content (AvgIpc) is 3.17. The number of hydrogen-bond donors (Lipinski definition) is 1. The molecule has 0 bridgehead atoms. The van der Waals surface area contributed by atoms with E-state index >= 15 is 0 Å². The van der Waals surface area contributed by atoms with Gasteiger partial charge in [0.25, 0.3) is 11.8 Å². The number of nitrogens with zero attached hydrogens (tertiary/aromatic N) is 2. The molecule has 244 valence electrons. The smallest absolute Gasteiger partial charge is 0.261 e. The van der Waals surface area contributed by atoms with Crippen molar-refractivity contribution in [2.75, 3.05) is 20.3 Å². The number of aliphatic imine (C=N–C) groups is 1. The molecule has 0 fully saturated rings. The third kappa shape index (κ3) is 9.13. The van der Waals surface area contributed by atoms with Crippen molar-refractivity contribution in [3.63, 3.8) is 0 Å². The Bertz CT molecular complexity index is 1540. The lowest BCUT2D eigenvalue weighted by molar-refractivity contribution is -0.137. The molecule has 46 heavy (non-hydrogen) atoms. The maximum atomic E-state index is 15.0. The van der Waals surface area contributed by atoms with Crippen LogP contribution in [0.3, 0.4) is 0 Å². The minimum absolute atomic E-state index is 0.0854. The molecular weight excluding hydrogens is 587 g/mol. The monoisotopic (exact) mass is 631 g/mol. The number of carbonyl (C=O) groups is 2. The van der Waals surface area contributed by atoms with Gasteiger partial charge < -0.3 is 5.32 Å². The Morgan fingerprint density at radius 1 is 1.00 bits per heavy atom. The summed E-state index contributed by atoms with van der Waals surface area (Å²) in [6.07, 6.45) is 12.5. The zero-order valence-corrected chi connectivity index (χ0v) is 27.5. The molecule has 0 saturated heterocycles. The van der Waals surface area contributed by atoms with E-state index in [2.05, 4.69) is 26.1 Å². The van der Waals surface area contributed by atoms with E-state index in [1.165, 1.54) is 11.0 Å². The van der Waals surface area contributed by atoms with Gasteiger partial charge in [-0.25, -0.2) is 8.78 Å². The Morgan fingerprint density at radius 3 is 2.22 bits per heavy atom. The van der Waals surface area contributed by atoms with Gasteiger partial charge in [-0.3, -0.25) is 23.9 Å². The fourth-order valence-corrected chi connectivity index (χ4v) is 5.45. The van der Waals surface area contributed by atoms with Crippen molar-refractivity contribution in [2.24, 2.45) is 10.4 Å². The fourth-order valence-electron chi connectivity index (χ4n) is 5.45. The zero-order valence-electron chi connectivity index (χ0n) is 27.5. The highest BCUT2D eigenvalue weighted by Crippen LogP contribution is 2.31.